The SMILES string of the molecule is Cc1cn2c(n1)OCC(OC(=O)Nc1ccc(OCC(F)(F)C(F)F)cc1)C2. The molecule has 0 radical (unpaired) electrons. The van der Waals surface area contributed by atoms with Crippen molar-refractivity contribution < 1.29 is 36.6 Å². The minimum absolute atomic E-state index is 0.0390. The fourth-order valence-electron chi connectivity index (χ4n) is 2.46. The molecule has 0 spiro atoms. The van der Waals surface area contributed by atoms with Gasteiger partial charge in [-0.2, -0.15) is 8.78 Å². The van der Waals surface area contributed by atoms with E-state index in [9.17, 15) is 22.4 Å². The van der Waals surface area contributed by atoms with Gasteiger partial charge in [0.15, 0.2) is 12.7 Å². The van der Waals surface area contributed by atoms with Crippen LogP contribution >= 0.6 is 0 Å². The molecular weight excluding hydrogens is 386 g/mol. The molecule has 1 atom stereocenters. The molecule has 1 aromatic heterocycles. The molecule has 1 unspecified atom stereocenters. The van der Waals surface area contributed by atoms with E-state index in [4.69, 9.17) is 9.47 Å². The Kier molecular flexibility index (Phi) is 5.61. The molecule has 1 amide bonds. The molecule has 0 saturated carbocycles. The Morgan fingerprint density at radius 1 is 1.39 bits per heavy atom. The first kappa shape index (κ1) is 19.8. The van der Waals surface area contributed by atoms with Crippen molar-refractivity contribution in [3.8, 4) is 11.8 Å². The number of ether oxygens (including phenoxy) is 3. The van der Waals surface area contributed by atoms with Crippen molar-refractivity contribution in [2.75, 3.05) is 18.5 Å². The summed E-state index contributed by atoms with van der Waals surface area (Å²) in [5.74, 6) is -4.28. The number of aromatic nitrogens is 2. The second-order valence-electron chi connectivity index (χ2n) is 6.16. The number of alkyl halides is 4. The maximum Gasteiger partial charge on any atom is 0.412 e. The number of imidazole rings is 1. The lowest BCUT2D eigenvalue weighted by atomic mass is 10.3. The highest BCUT2D eigenvalue weighted by atomic mass is 19.3. The van der Waals surface area contributed by atoms with Gasteiger partial charge in [-0.3, -0.25) is 9.88 Å². The average molecular weight is 403 g/mol. The van der Waals surface area contributed by atoms with Crippen LogP contribution in [0.15, 0.2) is 30.5 Å². The molecule has 28 heavy (non-hydrogen) atoms. The summed E-state index contributed by atoms with van der Waals surface area (Å²) in [6, 6.07) is 5.73. The first-order chi connectivity index (χ1) is 13.2. The van der Waals surface area contributed by atoms with Crippen molar-refractivity contribution in [3.05, 3.63) is 36.2 Å². The molecule has 0 aliphatic carbocycles. The standard InChI is InChI=1S/C17H17F4N3O4/c1-10-6-24-7-13(8-26-15(24)22-10)28-16(25)23-11-2-4-12(5-3-11)27-9-17(20,21)14(18)19/h2-6,13-14H,7-9H2,1H3,(H,23,25). The fraction of sp³-hybridized carbons (Fsp3) is 0.412. The van der Waals surface area contributed by atoms with Crippen molar-refractivity contribution in [1.82, 2.24) is 9.55 Å². The number of nitrogens with one attached hydrogen (secondary N) is 1. The summed E-state index contributed by atoms with van der Waals surface area (Å²) in [7, 11) is 0. The zero-order chi connectivity index (χ0) is 20.3. The summed E-state index contributed by atoms with van der Waals surface area (Å²) >= 11 is 0. The van der Waals surface area contributed by atoms with Crippen molar-refractivity contribution in [2.24, 2.45) is 0 Å². The highest BCUT2D eigenvalue weighted by Crippen LogP contribution is 2.25. The van der Waals surface area contributed by atoms with E-state index < -0.39 is 31.2 Å². The average Bonchev–Trinajstić information content (AvgIpc) is 3.00. The number of rotatable bonds is 6. The van der Waals surface area contributed by atoms with Crippen LogP contribution in [-0.4, -0.2) is 47.3 Å². The largest absolute Gasteiger partial charge is 0.487 e. The maximum absolute atomic E-state index is 12.8. The fourth-order valence-corrected chi connectivity index (χ4v) is 2.46. The predicted molar refractivity (Wildman–Crippen MR) is 89.2 cm³/mol. The van der Waals surface area contributed by atoms with Gasteiger partial charge in [0.25, 0.3) is 6.01 Å². The van der Waals surface area contributed by atoms with Gasteiger partial charge in [-0.25, -0.2) is 18.6 Å². The molecule has 1 aliphatic heterocycles. The van der Waals surface area contributed by atoms with E-state index in [0.29, 0.717) is 18.2 Å². The Bertz CT molecular complexity index is 826. The van der Waals surface area contributed by atoms with Gasteiger partial charge in [-0.1, -0.05) is 0 Å². The number of hydrogen-bond acceptors (Lipinski definition) is 5. The zero-order valence-corrected chi connectivity index (χ0v) is 14.7. The zero-order valence-electron chi connectivity index (χ0n) is 14.7. The maximum atomic E-state index is 12.8. The van der Waals surface area contributed by atoms with E-state index in [-0.39, 0.29) is 12.4 Å². The summed E-state index contributed by atoms with van der Waals surface area (Å²) in [6.45, 7) is 0.930. The van der Waals surface area contributed by atoms with Gasteiger partial charge in [0.05, 0.1) is 12.2 Å². The third-order valence-electron chi connectivity index (χ3n) is 3.78. The van der Waals surface area contributed by atoms with E-state index in [0.717, 1.165) is 5.69 Å². The van der Waals surface area contributed by atoms with Crippen LogP contribution in [0.1, 0.15) is 5.69 Å². The van der Waals surface area contributed by atoms with Crippen LogP contribution in [0.4, 0.5) is 28.0 Å². The third-order valence-corrected chi connectivity index (χ3v) is 3.78. The second-order valence-corrected chi connectivity index (χ2v) is 6.16. The van der Waals surface area contributed by atoms with Crippen LogP contribution in [0.25, 0.3) is 0 Å². The van der Waals surface area contributed by atoms with Crippen LogP contribution in [0, 0.1) is 6.92 Å². The first-order valence-corrected chi connectivity index (χ1v) is 8.26. The van der Waals surface area contributed by atoms with Crippen LogP contribution < -0.4 is 14.8 Å². The van der Waals surface area contributed by atoms with Gasteiger partial charge in [-0.15, -0.1) is 0 Å². The number of nitrogens with zero attached hydrogens (tertiary/aromatic N) is 2. The number of benzene rings is 1. The first-order valence-electron chi connectivity index (χ1n) is 8.26. The quantitative estimate of drug-likeness (QED) is 0.748. The number of carbonyl (C=O) groups excluding carboxylic acids is 1. The van der Waals surface area contributed by atoms with E-state index in [2.05, 4.69) is 15.0 Å². The number of fused-ring (bicyclic) bond motifs is 1. The Balaban J connectivity index is 1.48. The Morgan fingerprint density at radius 2 is 2.11 bits per heavy atom. The van der Waals surface area contributed by atoms with Crippen molar-refractivity contribution in [2.45, 2.75) is 31.9 Å². The summed E-state index contributed by atoms with van der Waals surface area (Å²) < 4.78 is 66.9. The molecule has 0 bridgehead atoms. The summed E-state index contributed by atoms with van der Waals surface area (Å²) in [5.41, 5.74) is 1.10. The molecule has 11 heteroatoms. The number of amides is 1. The van der Waals surface area contributed by atoms with Crippen molar-refractivity contribution in [3.63, 3.8) is 0 Å². The molecule has 7 nitrogen and oxygen atoms in total. The summed E-state index contributed by atoms with van der Waals surface area (Å²) in [4.78, 5) is 16.2. The smallest absolute Gasteiger partial charge is 0.412 e. The molecular formula is C17H17F4N3O4. The predicted octanol–water partition coefficient (Wildman–Crippen LogP) is 3.48. The topological polar surface area (TPSA) is 74.6 Å². The van der Waals surface area contributed by atoms with Gasteiger partial charge in [0, 0.05) is 11.9 Å². The van der Waals surface area contributed by atoms with E-state index >= 15 is 0 Å². The minimum atomic E-state index is -4.24. The Hall–Kier alpha value is -2.98. The highest BCUT2D eigenvalue weighted by molar-refractivity contribution is 5.84. The van der Waals surface area contributed by atoms with Crippen LogP contribution in [0.3, 0.4) is 0 Å². The molecule has 2 heterocycles. The molecule has 0 fully saturated rings. The summed E-state index contributed by atoms with van der Waals surface area (Å²) in [5, 5.41) is 2.47. The number of hydrogen-bond donors (Lipinski definition) is 1. The lowest BCUT2D eigenvalue weighted by molar-refractivity contribution is -0.148. The van der Waals surface area contributed by atoms with Crippen LogP contribution in [-0.2, 0) is 11.3 Å². The van der Waals surface area contributed by atoms with Crippen LogP contribution in [0.2, 0.25) is 0 Å². The normalized spacial score (nSPS) is 16.3. The van der Waals surface area contributed by atoms with Gasteiger partial charge in [0.1, 0.15) is 12.4 Å². The van der Waals surface area contributed by atoms with Gasteiger partial charge >= 0.3 is 18.4 Å². The Labute approximate surface area is 157 Å². The lowest BCUT2D eigenvalue weighted by Crippen LogP contribution is -2.35. The molecule has 3 rings (SSSR count). The molecule has 152 valence electrons. The van der Waals surface area contributed by atoms with Crippen LogP contribution in [0.5, 0.6) is 11.8 Å². The van der Waals surface area contributed by atoms with E-state index in [1.165, 1.54) is 24.3 Å². The molecule has 0 saturated heterocycles. The molecule has 1 N–H and O–H groups in total. The Morgan fingerprint density at radius 3 is 2.79 bits per heavy atom. The number of anilines is 1. The van der Waals surface area contributed by atoms with E-state index in [1.807, 2.05) is 6.92 Å². The second kappa shape index (κ2) is 7.95. The minimum Gasteiger partial charge on any atom is -0.487 e. The van der Waals surface area contributed by atoms with Gasteiger partial charge < -0.3 is 14.2 Å². The molecule has 2 aromatic rings. The number of halogens is 4. The van der Waals surface area contributed by atoms with Crippen molar-refractivity contribution in [1.29, 1.82) is 0 Å². The third kappa shape index (κ3) is 4.84. The monoisotopic (exact) mass is 403 g/mol. The lowest BCUT2D eigenvalue weighted by Gasteiger charge is -2.24. The number of carbonyl (C=O) groups is 1. The highest BCUT2D eigenvalue weighted by Gasteiger charge is 2.41. The van der Waals surface area contributed by atoms with E-state index in [1.54, 1.807) is 10.8 Å². The molecule has 1 aromatic carbocycles. The molecule has 1 aliphatic rings. The van der Waals surface area contributed by atoms with Crippen molar-refractivity contribution >= 4 is 11.8 Å². The van der Waals surface area contributed by atoms with Gasteiger partial charge in [0.2, 0.25) is 0 Å². The summed E-state index contributed by atoms with van der Waals surface area (Å²) in [6.07, 6.45) is -3.28. The number of aryl methyl sites for hydroxylation is 1. The van der Waals surface area contributed by atoms with Gasteiger partial charge in [-0.05, 0) is 31.2 Å².